The van der Waals surface area contributed by atoms with Crippen molar-refractivity contribution in [3.63, 3.8) is 0 Å². The van der Waals surface area contributed by atoms with Crippen LogP contribution in [0.3, 0.4) is 0 Å². The van der Waals surface area contributed by atoms with Crippen molar-refractivity contribution < 1.29 is 0 Å². The maximum absolute atomic E-state index is 6.47. The maximum Gasteiger partial charge on any atom is 0.0519 e. The number of nitrogens with zero attached hydrogens (tertiary/aromatic N) is 1. The quantitative estimate of drug-likeness (QED) is 0.835. The number of halogens is 1. The molecule has 2 nitrogen and oxygen atoms in total. The van der Waals surface area contributed by atoms with E-state index in [-0.39, 0.29) is 11.6 Å². The van der Waals surface area contributed by atoms with Gasteiger partial charge < -0.3 is 10.2 Å². The van der Waals surface area contributed by atoms with Gasteiger partial charge in [0.05, 0.1) is 6.04 Å². The van der Waals surface area contributed by atoms with Crippen LogP contribution in [0.25, 0.3) is 0 Å². The molecule has 0 spiro atoms. The first-order valence-corrected chi connectivity index (χ1v) is 8.09. The summed E-state index contributed by atoms with van der Waals surface area (Å²) in [6.45, 7) is 0. The Bertz CT molecular complexity index is 423. The van der Waals surface area contributed by atoms with Gasteiger partial charge in [0, 0.05) is 10.6 Å². The van der Waals surface area contributed by atoms with Crippen molar-refractivity contribution >= 4 is 11.6 Å². The monoisotopic (exact) mass is 294 g/mol. The van der Waals surface area contributed by atoms with Crippen LogP contribution in [-0.2, 0) is 0 Å². The average Bonchev–Trinajstić information content (AvgIpc) is 2.69. The Morgan fingerprint density at radius 3 is 2.20 bits per heavy atom. The summed E-state index contributed by atoms with van der Waals surface area (Å²) in [6, 6.07) is 8.55. The zero-order valence-corrected chi connectivity index (χ0v) is 13.7. The predicted octanol–water partition coefficient (Wildman–Crippen LogP) is 4.26. The summed E-state index contributed by atoms with van der Waals surface area (Å²) < 4.78 is 0. The summed E-state index contributed by atoms with van der Waals surface area (Å²) in [5, 5.41) is 4.43. The second-order valence-corrected chi connectivity index (χ2v) is 6.56. The summed E-state index contributed by atoms with van der Waals surface area (Å²) in [7, 11) is 6.49. The molecule has 1 aliphatic carbocycles. The summed E-state index contributed by atoms with van der Waals surface area (Å²) in [5.41, 5.74) is 1.39. The molecule has 0 saturated heterocycles. The second kappa shape index (κ2) is 6.93. The van der Waals surface area contributed by atoms with Gasteiger partial charge in [0.25, 0.3) is 0 Å². The Morgan fingerprint density at radius 2 is 1.70 bits per heavy atom. The summed E-state index contributed by atoms with van der Waals surface area (Å²) in [6.07, 6.45) is 7.79. The molecule has 1 aromatic rings. The number of rotatable bonds is 4. The van der Waals surface area contributed by atoms with E-state index in [1.807, 2.05) is 12.1 Å². The first-order valence-electron chi connectivity index (χ1n) is 7.71. The largest absolute Gasteiger partial charge is 0.311 e. The van der Waals surface area contributed by atoms with Crippen molar-refractivity contribution in [1.29, 1.82) is 0 Å². The Kier molecular flexibility index (Phi) is 5.48. The summed E-state index contributed by atoms with van der Waals surface area (Å²) in [5.74, 6) is 0. The number of benzene rings is 1. The van der Waals surface area contributed by atoms with Crippen LogP contribution in [0.5, 0.6) is 0 Å². The van der Waals surface area contributed by atoms with Crippen LogP contribution < -0.4 is 5.32 Å². The Morgan fingerprint density at radius 1 is 1.10 bits per heavy atom. The molecule has 1 saturated carbocycles. The smallest absolute Gasteiger partial charge is 0.0519 e. The molecule has 3 heteroatoms. The number of hydrogen-bond donors (Lipinski definition) is 1. The van der Waals surface area contributed by atoms with E-state index in [1.54, 1.807) is 0 Å². The minimum absolute atomic E-state index is 0.163. The van der Waals surface area contributed by atoms with Gasteiger partial charge in [0.2, 0.25) is 0 Å². The molecular weight excluding hydrogens is 268 g/mol. The van der Waals surface area contributed by atoms with Gasteiger partial charge in [-0.15, -0.1) is 0 Å². The molecular formula is C17H27ClN2. The zero-order valence-electron chi connectivity index (χ0n) is 13.0. The van der Waals surface area contributed by atoms with Crippen molar-refractivity contribution in [1.82, 2.24) is 10.2 Å². The molecule has 1 atom stereocenters. The standard InChI is InChI=1S/C17H27ClN2/c1-19-16(14-10-6-7-11-15(14)18)17(20(2)3)12-8-4-5-9-13-17/h6-7,10-11,16,19H,4-5,8-9,12-13H2,1-3H3. The van der Waals surface area contributed by atoms with Crippen LogP contribution in [0.15, 0.2) is 24.3 Å². The normalized spacial score (nSPS) is 20.6. The minimum atomic E-state index is 0.163. The van der Waals surface area contributed by atoms with Crippen molar-refractivity contribution in [3.8, 4) is 0 Å². The molecule has 0 aliphatic heterocycles. The Balaban J connectivity index is 2.42. The van der Waals surface area contributed by atoms with Gasteiger partial charge in [-0.2, -0.15) is 0 Å². The van der Waals surface area contributed by atoms with E-state index in [4.69, 9.17) is 11.6 Å². The Labute approximate surface area is 128 Å². The van der Waals surface area contributed by atoms with Gasteiger partial charge in [-0.1, -0.05) is 55.5 Å². The van der Waals surface area contributed by atoms with Crippen molar-refractivity contribution in [3.05, 3.63) is 34.9 Å². The minimum Gasteiger partial charge on any atom is -0.311 e. The molecule has 0 amide bonds. The molecule has 0 heterocycles. The first kappa shape index (κ1) is 15.8. The maximum atomic E-state index is 6.47. The molecule has 2 rings (SSSR count). The van der Waals surface area contributed by atoms with E-state index in [0.717, 1.165) is 5.02 Å². The third-order valence-corrected chi connectivity index (χ3v) is 5.25. The van der Waals surface area contributed by atoms with Crippen LogP contribution in [0.1, 0.15) is 50.1 Å². The van der Waals surface area contributed by atoms with E-state index < -0.39 is 0 Å². The van der Waals surface area contributed by atoms with Gasteiger partial charge in [-0.3, -0.25) is 0 Å². The zero-order chi connectivity index (χ0) is 14.6. The van der Waals surface area contributed by atoms with Crippen LogP contribution in [0.4, 0.5) is 0 Å². The first-order chi connectivity index (χ1) is 9.62. The molecule has 1 aliphatic rings. The van der Waals surface area contributed by atoms with Gasteiger partial charge in [0.15, 0.2) is 0 Å². The summed E-state index contributed by atoms with van der Waals surface area (Å²) in [4.78, 5) is 2.42. The molecule has 1 unspecified atom stereocenters. The van der Waals surface area contributed by atoms with Gasteiger partial charge in [0.1, 0.15) is 0 Å². The van der Waals surface area contributed by atoms with E-state index in [0.29, 0.717) is 0 Å². The molecule has 1 aromatic carbocycles. The van der Waals surface area contributed by atoms with Gasteiger partial charge in [-0.25, -0.2) is 0 Å². The van der Waals surface area contributed by atoms with Crippen molar-refractivity contribution in [2.45, 2.75) is 50.1 Å². The molecule has 0 bridgehead atoms. The van der Waals surface area contributed by atoms with E-state index in [9.17, 15) is 0 Å². The average molecular weight is 295 g/mol. The topological polar surface area (TPSA) is 15.3 Å². The number of nitrogens with one attached hydrogen (secondary N) is 1. The highest BCUT2D eigenvalue weighted by atomic mass is 35.5. The molecule has 0 aromatic heterocycles. The third kappa shape index (κ3) is 3.03. The van der Waals surface area contributed by atoms with E-state index in [2.05, 4.69) is 43.5 Å². The lowest BCUT2D eigenvalue weighted by molar-refractivity contribution is 0.0835. The fraction of sp³-hybridized carbons (Fsp3) is 0.647. The molecule has 20 heavy (non-hydrogen) atoms. The third-order valence-electron chi connectivity index (χ3n) is 4.90. The Hall–Kier alpha value is -0.570. The van der Waals surface area contributed by atoms with Crippen LogP contribution in [0.2, 0.25) is 5.02 Å². The van der Waals surface area contributed by atoms with Crippen LogP contribution in [-0.4, -0.2) is 31.6 Å². The lowest BCUT2D eigenvalue weighted by atomic mass is 9.78. The number of likely N-dealkylation sites (N-methyl/N-ethyl adjacent to an activating group) is 2. The predicted molar refractivity (Wildman–Crippen MR) is 87.4 cm³/mol. The van der Waals surface area contributed by atoms with Crippen LogP contribution >= 0.6 is 11.6 Å². The second-order valence-electron chi connectivity index (χ2n) is 6.16. The molecule has 112 valence electrons. The molecule has 0 radical (unpaired) electrons. The SMILES string of the molecule is CNC(c1ccccc1Cl)C1(N(C)C)CCCCCC1. The fourth-order valence-electron chi connectivity index (χ4n) is 3.76. The summed E-state index contributed by atoms with van der Waals surface area (Å²) >= 11 is 6.47. The number of hydrogen-bond acceptors (Lipinski definition) is 2. The van der Waals surface area contributed by atoms with E-state index >= 15 is 0 Å². The van der Waals surface area contributed by atoms with E-state index in [1.165, 1.54) is 44.1 Å². The van der Waals surface area contributed by atoms with Gasteiger partial charge >= 0.3 is 0 Å². The van der Waals surface area contributed by atoms with Gasteiger partial charge in [-0.05, 0) is 45.6 Å². The highest BCUT2D eigenvalue weighted by Crippen LogP contribution is 2.42. The highest BCUT2D eigenvalue weighted by molar-refractivity contribution is 6.31. The molecule has 1 fully saturated rings. The van der Waals surface area contributed by atoms with Crippen LogP contribution in [0, 0.1) is 0 Å². The van der Waals surface area contributed by atoms with Crippen molar-refractivity contribution in [2.24, 2.45) is 0 Å². The fourth-order valence-corrected chi connectivity index (χ4v) is 4.00. The molecule has 1 N–H and O–H groups in total. The van der Waals surface area contributed by atoms with Crippen molar-refractivity contribution in [2.75, 3.05) is 21.1 Å². The highest BCUT2D eigenvalue weighted by Gasteiger charge is 2.41. The lowest BCUT2D eigenvalue weighted by Gasteiger charge is -2.46. The lowest BCUT2D eigenvalue weighted by Crippen LogP contribution is -2.53.